The van der Waals surface area contributed by atoms with E-state index in [0.29, 0.717) is 6.54 Å². The van der Waals surface area contributed by atoms with Gasteiger partial charge in [-0.25, -0.2) is 13.1 Å². The van der Waals surface area contributed by atoms with Crippen molar-refractivity contribution in [2.45, 2.75) is 24.4 Å². The molecule has 8 heteroatoms. The molecule has 1 rings (SSSR count). The first-order valence-electron chi connectivity index (χ1n) is 5.57. The average molecular weight is 325 g/mol. The van der Waals surface area contributed by atoms with Crippen molar-refractivity contribution < 1.29 is 12.6 Å². The van der Waals surface area contributed by atoms with E-state index in [9.17, 15) is 12.6 Å². The van der Waals surface area contributed by atoms with E-state index in [0.717, 1.165) is 5.56 Å². The van der Waals surface area contributed by atoms with E-state index in [1.165, 1.54) is 18.4 Å². The van der Waals surface area contributed by atoms with Gasteiger partial charge in [0.2, 0.25) is 10.0 Å². The molecular weight excluding hydrogens is 308 g/mol. The Kier molecular flexibility index (Phi) is 5.94. The Morgan fingerprint density at radius 3 is 2.58 bits per heavy atom. The van der Waals surface area contributed by atoms with Crippen molar-refractivity contribution in [2.75, 3.05) is 12.0 Å². The fraction of sp³-hybridized carbons (Fsp3) is 0.455. The largest absolute Gasteiger partial charge is 0.326 e. The van der Waals surface area contributed by atoms with Crippen LogP contribution >= 0.6 is 11.6 Å². The summed E-state index contributed by atoms with van der Waals surface area (Å²) in [5.74, 6) is 0.248. The van der Waals surface area contributed by atoms with Crippen LogP contribution in [0.5, 0.6) is 0 Å². The molecule has 3 N–H and O–H groups in total. The lowest BCUT2D eigenvalue weighted by Crippen LogP contribution is -2.36. The van der Waals surface area contributed by atoms with Gasteiger partial charge in [0, 0.05) is 35.4 Å². The number of sulfonamides is 1. The SMILES string of the molecule is CC(CS(C)=O)NS(=O)(=O)c1ccc(CN)cc1Cl. The summed E-state index contributed by atoms with van der Waals surface area (Å²) in [6.07, 6.45) is 1.52. The maximum atomic E-state index is 12.1. The highest BCUT2D eigenvalue weighted by Gasteiger charge is 2.21. The molecule has 0 saturated carbocycles. The predicted molar refractivity (Wildman–Crippen MR) is 78.1 cm³/mol. The second kappa shape index (κ2) is 6.81. The van der Waals surface area contributed by atoms with Crippen molar-refractivity contribution in [3.05, 3.63) is 28.8 Å². The van der Waals surface area contributed by atoms with Crippen molar-refractivity contribution in [3.63, 3.8) is 0 Å². The van der Waals surface area contributed by atoms with Gasteiger partial charge >= 0.3 is 0 Å². The summed E-state index contributed by atoms with van der Waals surface area (Å²) in [7, 11) is -4.79. The Balaban J connectivity index is 2.97. The van der Waals surface area contributed by atoms with Gasteiger partial charge in [0.05, 0.1) is 5.02 Å². The minimum Gasteiger partial charge on any atom is -0.326 e. The monoisotopic (exact) mass is 324 g/mol. The Morgan fingerprint density at radius 1 is 1.47 bits per heavy atom. The highest BCUT2D eigenvalue weighted by Crippen LogP contribution is 2.22. The predicted octanol–water partition coefficient (Wildman–Crippen LogP) is 0.844. The fourth-order valence-electron chi connectivity index (χ4n) is 1.60. The first-order chi connectivity index (χ1) is 8.76. The Bertz CT molecular complexity index is 575. The first kappa shape index (κ1) is 16.6. The normalized spacial score (nSPS) is 15.2. The Morgan fingerprint density at radius 2 is 2.11 bits per heavy atom. The van der Waals surface area contributed by atoms with Crippen LogP contribution < -0.4 is 10.5 Å². The molecule has 0 bridgehead atoms. The minimum atomic E-state index is -3.72. The molecule has 0 amide bonds. The van der Waals surface area contributed by atoms with Gasteiger partial charge in [0.15, 0.2) is 0 Å². The molecule has 0 saturated heterocycles. The number of rotatable bonds is 6. The molecule has 0 aliphatic carbocycles. The summed E-state index contributed by atoms with van der Waals surface area (Å²) < 4.78 is 37.7. The van der Waals surface area contributed by atoms with E-state index in [1.807, 2.05) is 0 Å². The molecular formula is C11H17ClN2O3S2. The van der Waals surface area contributed by atoms with Crippen molar-refractivity contribution in [3.8, 4) is 0 Å². The van der Waals surface area contributed by atoms with Crippen molar-refractivity contribution >= 4 is 32.4 Å². The molecule has 1 aromatic rings. The molecule has 2 atom stereocenters. The van der Waals surface area contributed by atoms with E-state index in [2.05, 4.69) is 4.72 Å². The lowest BCUT2D eigenvalue weighted by molar-refractivity contribution is 0.570. The summed E-state index contributed by atoms with van der Waals surface area (Å²) in [4.78, 5) is 0.0000945. The zero-order valence-corrected chi connectivity index (χ0v) is 13.1. The van der Waals surface area contributed by atoms with Crippen LogP contribution in [0.1, 0.15) is 12.5 Å². The molecule has 0 spiro atoms. The van der Waals surface area contributed by atoms with Crippen molar-refractivity contribution in [2.24, 2.45) is 5.73 Å². The van der Waals surface area contributed by atoms with Gasteiger partial charge in [0.1, 0.15) is 4.90 Å². The van der Waals surface area contributed by atoms with Gasteiger partial charge in [-0.15, -0.1) is 0 Å². The van der Waals surface area contributed by atoms with Crippen LogP contribution in [-0.4, -0.2) is 30.7 Å². The zero-order chi connectivity index (χ0) is 14.6. The van der Waals surface area contributed by atoms with E-state index >= 15 is 0 Å². The topological polar surface area (TPSA) is 89.3 Å². The van der Waals surface area contributed by atoms with Crippen molar-refractivity contribution in [1.29, 1.82) is 0 Å². The number of hydrogen-bond donors (Lipinski definition) is 2. The molecule has 108 valence electrons. The number of hydrogen-bond acceptors (Lipinski definition) is 4. The van der Waals surface area contributed by atoms with E-state index in [4.69, 9.17) is 17.3 Å². The quantitative estimate of drug-likeness (QED) is 0.811. The molecule has 0 aromatic heterocycles. The highest BCUT2D eigenvalue weighted by molar-refractivity contribution is 7.89. The summed E-state index contributed by atoms with van der Waals surface area (Å²) in [5.41, 5.74) is 6.21. The molecule has 0 aliphatic heterocycles. The number of benzene rings is 1. The summed E-state index contributed by atoms with van der Waals surface area (Å²) in [6, 6.07) is 4.13. The minimum absolute atomic E-state index is 0.0000945. The van der Waals surface area contributed by atoms with Gasteiger partial charge < -0.3 is 5.73 Å². The molecule has 0 fully saturated rings. The van der Waals surface area contributed by atoms with Crippen LogP contribution in [0.3, 0.4) is 0 Å². The van der Waals surface area contributed by atoms with Crippen molar-refractivity contribution in [1.82, 2.24) is 4.72 Å². The second-order valence-electron chi connectivity index (χ2n) is 4.23. The van der Waals surface area contributed by atoms with Crippen LogP contribution in [0.2, 0.25) is 5.02 Å². The molecule has 2 unspecified atom stereocenters. The standard InChI is InChI=1S/C11H17ClN2O3S2/c1-8(7-18(2)15)14-19(16,17)11-4-3-9(6-13)5-10(11)12/h3-5,8,14H,6-7,13H2,1-2H3. The van der Waals surface area contributed by atoms with Crippen LogP contribution in [-0.2, 0) is 27.4 Å². The zero-order valence-electron chi connectivity index (χ0n) is 10.7. The fourth-order valence-corrected chi connectivity index (χ4v) is 4.31. The number of halogens is 1. The van der Waals surface area contributed by atoms with E-state index in [1.54, 1.807) is 13.0 Å². The Labute approximate surface area is 121 Å². The van der Waals surface area contributed by atoms with Gasteiger partial charge in [0.25, 0.3) is 0 Å². The number of nitrogens with two attached hydrogens (primary N) is 1. The molecule has 5 nitrogen and oxygen atoms in total. The van der Waals surface area contributed by atoms with E-state index in [-0.39, 0.29) is 15.7 Å². The number of nitrogens with one attached hydrogen (secondary N) is 1. The molecule has 19 heavy (non-hydrogen) atoms. The van der Waals surface area contributed by atoms with Crippen LogP contribution in [0, 0.1) is 0 Å². The van der Waals surface area contributed by atoms with Gasteiger partial charge in [-0.05, 0) is 24.6 Å². The maximum Gasteiger partial charge on any atom is 0.242 e. The smallest absolute Gasteiger partial charge is 0.242 e. The lowest BCUT2D eigenvalue weighted by Gasteiger charge is -2.14. The van der Waals surface area contributed by atoms with Gasteiger partial charge in [-0.1, -0.05) is 17.7 Å². The molecule has 0 aliphatic rings. The summed E-state index contributed by atoms with van der Waals surface area (Å²) in [6.45, 7) is 1.94. The summed E-state index contributed by atoms with van der Waals surface area (Å²) >= 11 is 5.95. The van der Waals surface area contributed by atoms with Crippen LogP contribution in [0.15, 0.2) is 23.1 Å². The van der Waals surface area contributed by atoms with Gasteiger partial charge in [-0.2, -0.15) is 0 Å². The highest BCUT2D eigenvalue weighted by atomic mass is 35.5. The third kappa shape index (κ3) is 4.85. The third-order valence-electron chi connectivity index (χ3n) is 2.36. The van der Waals surface area contributed by atoms with E-state index < -0.39 is 26.9 Å². The second-order valence-corrected chi connectivity index (χ2v) is 7.80. The summed E-state index contributed by atoms with van der Waals surface area (Å²) in [5, 5.41) is 0.125. The lowest BCUT2D eigenvalue weighted by atomic mass is 10.2. The molecule has 1 aromatic carbocycles. The van der Waals surface area contributed by atoms with Gasteiger partial charge in [-0.3, -0.25) is 4.21 Å². The average Bonchev–Trinajstić information content (AvgIpc) is 2.26. The third-order valence-corrected chi connectivity index (χ3v) is 5.40. The maximum absolute atomic E-state index is 12.1. The molecule has 0 heterocycles. The van der Waals surface area contributed by atoms with Crippen LogP contribution in [0.4, 0.5) is 0 Å². The Hall–Kier alpha value is -0.470. The molecule has 0 radical (unpaired) electrons. The first-order valence-corrected chi connectivity index (χ1v) is 9.16. The van der Waals surface area contributed by atoms with Crippen LogP contribution in [0.25, 0.3) is 0 Å².